The van der Waals surface area contributed by atoms with Gasteiger partial charge in [-0.15, -0.1) is 0 Å². The highest BCUT2D eigenvalue weighted by atomic mass is 32.2. The molecule has 1 aromatic carbocycles. The first-order valence-electron chi connectivity index (χ1n) is 7.73. The Bertz CT molecular complexity index is 686. The summed E-state index contributed by atoms with van der Waals surface area (Å²) in [4.78, 5) is -0.720. The Labute approximate surface area is 138 Å². The lowest BCUT2D eigenvalue weighted by Crippen LogP contribution is -2.50. The SMILES string of the molecule is O=S(=O)(c1ccccc1C(F)(F)F)N1CCCC[C@@H]1C1OCCO1. The molecule has 24 heavy (non-hydrogen) atoms. The Kier molecular flexibility index (Phi) is 4.87. The number of alkyl halides is 3. The molecule has 9 heteroatoms. The molecule has 0 aliphatic carbocycles. The highest BCUT2D eigenvalue weighted by Gasteiger charge is 2.44. The highest BCUT2D eigenvalue weighted by molar-refractivity contribution is 7.89. The van der Waals surface area contributed by atoms with E-state index < -0.39 is 39.0 Å². The van der Waals surface area contributed by atoms with Crippen LogP contribution in [0.3, 0.4) is 0 Å². The molecule has 0 aromatic heterocycles. The van der Waals surface area contributed by atoms with Crippen LogP contribution in [-0.4, -0.2) is 44.8 Å². The topological polar surface area (TPSA) is 55.8 Å². The molecule has 0 saturated carbocycles. The molecule has 134 valence electrons. The van der Waals surface area contributed by atoms with Crippen molar-refractivity contribution in [1.82, 2.24) is 4.31 Å². The third-order valence-corrected chi connectivity index (χ3v) is 6.22. The van der Waals surface area contributed by atoms with Crippen molar-refractivity contribution in [2.45, 2.75) is 42.7 Å². The maximum Gasteiger partial charge on any atom is 0.417 e. The summed E-state index contributed by atoms with van der Waals surface area (Å²) in [5.41, 5.74) is -1.15. The predicted octanol–water partition coefficient (Wildman–Crippen LogP) is 2.62. The van der Waals surface area contributed by atoms with Crippen molar-refractivity contribution in [2.24, 2.45) is 0 Å². The molecule has 0 unspecified atom stereocenters. The Morgan fingerprint density at radius 2 is 1.75 bits per heavy atom. The van der Waals surface area contributed by atoms with E-state index in [9.17, 15) is 21.6 Å². The zero-order valence-corrected chi connectivity index (χ0v) is 13.6. The molecule has 0 N–H and O–H groups in total. The summed E-state index contributed by atoms with van der Waals surface area (Å²) in [5, 5.41) is 0. The van der Waals surface area contributed by atoms with Crippen LogP contribution in [0.5, 0.6) is 0 Å². The fourth-order valence-corrected chi connectivity index (χ4v) is 5.05. The number of rotatable bonds is 3. The molecule has 2 heterocycles. The van der Waals surface area contributed by atoms with E-state index in [4.69, 9.17) is 9.47 Å². The molecule has 2 aliphatic heterocycles. The maximum absolute atomic E-state index is 13.2. The third-order valence-electron chi connectivity index (χ3n) is 4.24. The second-order valence-corrected chi connectivity index (χ2v) is 7.64. The molecular weight excluding hydrogens is 347 g/mol. The van der Waals surface area contributed by atoms with Gasteiger partial charge in [0.25, 0.3) is 0 Å². The molecule has 3 rings (SSSR count). The summed E-state index contributed by atoms with van der Waals surface area (Å²) in [7, 11) is -4.31. The van der Waals surface area contributed by atoms with Gasteiger partial charge in [-0.2, -0.15) is 17.5 Å². The van der Waals surface area contributed by atoms with E-state index in [1.54, 1.807) is 0 Å². The van der Waals surface area contributed by atoms with Crippen LogP contribution in [0.2, 0.25) is 0 Å². The molecule has 2 aliphatic rings. The minimum Gasteiger partial charge on any atom is -0.349 e. The standard InChI is InChI=1S/C15H18F3NO4S/c16-15(17,18)11-5-1-2-7-13(11)24(20,21)19-8-4-3-6-12(19)14-22-9-10-23-14/h1-2,5,7,12,14H,3-4,6,8-10H2/t12-/m1/s1. The number of hydrogen-bond acceptors (Lipinski definition) is 4. The number of hydrogen-bond donors (Lipinski definition) is 0. The van der Waals surface area contributed by atoms with E-state index >= 15 is 0 Å². The van der Waals surface area contributed by atoms with E-state index in [2.05, 4.69) is 0 Å². The van der Waals surface area contributed by atoms with E-state index in [-0.39, 0.29) is 6.54 Å². The van der Waals surface area contributed by atoms with Gasteiger partial charge in [0.05, 0.1) is 29.7 Å². The van der Waals surface area contributed by atoms with Gasteiger partial charge in [0.1, 0.15) is 0 Å². The Hall–Kier alpha value is -1.16. The van der Waals surface area contributed by atoms with Gasteiger partial charge in [-0.05, 0) is 25.0 Å². The molecule has 2 saturated heterocycles. The Balaban J connectivity index is 2.00. The smallest absolute Gasteiger partial charge is 0.349 e. The average Bonchev–Trinajstić information content (AvgIpc) is 3.08. The zero-order chi connectivity index (χ0) is 17.4. The molecule has 1 atom stereocenters. The van der Waals surface area contributed by atoms with Gasteiger partial charge in [0.15, 0.2) is 6.29 Å². The Morgan fingerprint density at radius 3 is 2.42 bits per heavy atom. The summed E-state index contributed by atoms with van der Waals surface area (Å²) in [6, 6.07) is 3.66. The fourth-order valence-electron chi connectivity index (χ4n) is 3.15. The first kappa shape index (κ1) is 17.7. The Morgan fingerprint density at radius 1 is 1.08 bits per heavy atom. The van der Waals surface area contributed by atoms with Gasteiger partial charge in [-0.1, -0.05) is 18.6 Å². The van der Waals surface area contributed by atoms with Crippen LogP contribution >= 0.6 is 0 Å². The highest BCUT2D eigenvalue weighted by Crippen LogP contribution is 2.37. The number of halogens is 3. The summed E-state index contributed by atoms with van der Waals surface area (Å²) in [5.74, 6) is 0. The van der Waals surface area contributed by atoms with Gasteiger partial charge >= 0.3 is 6.18 Å². The lowest BCUT2D eigenvalue weighted by Gasteiger charge is -2.37. The molecule has 5 nitrogen and oxygen atoms in total. The average molecular weight is 365 g/mol. The normalized spacial score (nSPS) is 24.4. The van der Waals surface area contributed by atoms with Gasteiger partial charge in [0, 0.05) is 6.54 Å². The van der Waals surface area contributed by atoms with Crippen molar-refractivity contribution < 1.29 is 31.1 Å². The zero-order valence-electron chi connectivity index (χ0n) is 12.8. The summed E-state index contributed by atoms with van der Waals surface area (Å²) in [6.45, 7) is 0.866. The van der Waals surface area contributed by atoms with Gasteiger partial charge in [-0.25, -0.2) is 8.42 Å². The van der Waals surface area contributed by atoms with Gasteiger partial charge in [-0.3, -0.25) is 0 Å². The summed E-state index contributed by atoms with van der Waals surface area (Å²) in [6.07, 6.45) is -3.59. The lowest BCUT2D eigenvalue weighted by molar-refractivity contribution is -0.140. The van der Waals surface area contributed by atoms with Crippen LogP contribution in [0.1, 0.15) is 24.8 Å². The van der Waals surface area contributed by atoms with E-state index in [1.807, 2.05) is 0 Å². The second-order valence-electron chi connectivity index (χ2n) is 5.78. The number of piperidine rings is 1. The van der Waals surface area contributed by atoms with E-state index in [1.165, 1.54) is 12.1 Å². The third kappa shape index (κ3) is 3.30. The summed E-state index contributed by atoms with van der Waals surface area (Å²) >= 11 is 0. The first-order valence-corrected chi connectivity index (χ1v) is 9.17. The number of ether oxygens (including phenoxy) is 2. The quantitative estimate of drug-likeness (QED) is 0.826. The maximum atomic E-state index is 13.2. The largest absolute Gasteiger partial charge is 0.417 e. The van der Waals surface area contributed by atoms with Crippen molar-refractivity contribution in [2.75, 3.05) is 19.8 Å². The molecule has 0 radical (unpaired) electrons. The molecule has 0 amide bonds. The number of nitrogens with zero attached hydrogens (tertiary/aromatic N) is 1. The predicted molar refractivity (Wildman–Crippen MR) is 78.7 cm³/mol. The summed E-state index contributed by atoms with van der Waals surface area (Å²) < 4.78 is 77.4. The minimum absolute atomic E-state index is 0.155. The minimum atomic E-state index is -4.74. The van der Waals surface area contributed by atoms with Crippen LogP contribution in [0.4, 0.5) is 13.2 Å². The van der Waals surface area contributed by atoms with Crippen LogP contribution in [-0.2, 0) is 25.7 Å². The molecule has 1 aromatic rings. The molecule has 2 fully saturated rings. The van der Waals surface area contributed by atoms with Crippen LogP contribution < -0.4 is 0 Å². The van der Waals surface area contributed by atoms with Crippen molar-refractivity contribution in [3.05, 3.63) is 29.8 Å². The van der Waals surface area contributed by atoms with Crippen molar-refractivity contribution in [3.63, 3.8) is 0 Å². The van der Waals surface area contributed by atoms with E-state index in [0.29, 0.717) is 26.1 Å². The van der Waals surface area contributed by atoms with E-state index in [0.717, 1.165) is 22.9 Å². The number of sulfonamides is 1. The van der Waals surface area contributed by atoms with Crippen molar-refractivity contribution in [1.29, 1.82) is 0 Å². The number of benzene rings is 1. The molecule has 0 spiro atoms. The lowest BCUT2D eigenvalue weighted by atomic mass is 10.0. The van der Waals surface area contributed by atoms with Crippen molar-refractivity contribution in [3.8, 4) is 0 Å². The van der Waals surface area contributed by atoms with Crippen molar-refractivity contribution >= 4 is 10.0 Å². The second kappa shape index (κ2) is 6.62. The monoisotopic (exact) mass is 365 g/mol. The van der Waals surface area contributed by atoms with Crippen LogP contribution in [0, 0.1) is 0 Å². The molecule has 0 bridgehead atoms. The fraction of sp³-hybridized carbons (Fsp3) is 0.600. The first-order chi connectivity index (χ1) is 11.3. The van der Waals surface area contributed by atoms with Gasteiger partial charge < -0.3 is 9.47 Å². The van der Waals surface area contributed by atoms with Crippen LogP contribution in [0.25, 0.3) is 0 Å². The molecular formula is C15H18F3NO4S. The van der Waals surface area contributed by atoms with Crippen LogP contribution in [0.15, 0.2) is 29.2 Å². The van der Waals surface area contributed by atoms with Gasteiger partial charge in [0.2, 0.25) is 10.0 Å².